The third-order valence-corrected chi connectivity index (χ3v) is 4.83. The average molecular weight is 302 g/mol. The fourth-order valence-electron chi connectivity index (χ4n) is 2.46. The number of rotatable bonds is 6. The maximum absolute atomic E-state index is 5.40. The third kappa shape index (κ3) is 2.75. The fraction of sp³-hybridized carbons (Fsp3) is 0.500. The van der Waals surface area contributed by atoms with Crippen LogP contribution in [0, 0.1) is 0 Å². The van der Waals surface area contributed by atoms with Crippen LogP contribution < -0.4 is 11.3 Å². The van der Waals surface area contributed by atoms with Gasteiger partial charge in [-0.3, -0.25) is 0 Å². The predicted octanol–water partition coefficient (Wildman–Crippen LogP) is 2.46. The van der Waals surface area contributed by atoms with Crippen molar-refractivity contribution in [3.8, 4) is 0 Å². The summed E-state index contributed by atoms with van der Waals surface area (Å²) in [6.45, 7) is 0. The molecule has 6 nitrogen and oxygen atoms in total. The molecule has 2 saturated carbocycles. The minimum atomic E-state index is 0.628. The number of thioether (sulfide) groups is 1. The topological polar surface area (TPSA) is 81.6 Å². The summed E-state index contributed by atoms with van der Waals surface area (Å²) in [6.07, 6.45) is 5.05. The van der Waals surface area contributed by atoms with Crippen LogP contribution in [0.25, 0.3) is 0 Å². The zero-order valence-electron chi connectivity index (χ0n) is 11.7. The first kappa shape index (κ1) is 13.1. The maximum atomic E-state index is 5.40. The Morgan fingerprint density at radius 3 is 2.81 bits per heavy atom. The fourth-order valence-corrected chi connectivity index (χ4v) is 3.38. The third-order valence-electron chi connectivity index (χ3n) is 3.85. The number of nitrogens with zero attached hydrogens (tertiary/aromatic N) is 4. The van der Waals surface area contributed by atoms with Gasteiger partial charge in [-0.25, -0.2) is 10.8 Å². The second-order valence-corrected chi connectivity index (χ2v) is 6.61. The van der Waals surface area contributed by atoms with Crippen molar-refractivity contribution >= 4 is 17.6 Å². The van der Waals surface area contributed by atoms with Gasteiger partial charge in [-0.15, -0.1) is 10.2 Å². The Balaban J connectivity index is 1.51. The number of nitrogens with two attached hydrogens (primary N) is 1. The van der Waals surface area contributed by atoms with Gasteiger partial charge >= 0.3 is 0 Å². The zero-order valence-corrected chi connectivity index (χ0v) is 12.5. The number of hydrazine groups is 1. The second-order valence-electron chi connectivity index (χ2n) is 5.66. The Kier molecular flexibility index (Phi) is 3.31. The largest absolute Gasteiger partial charge is 0.308 e. The first-order valence-corrected chi connectivity index (χ1v) is 8.34. The number of hydrogen-bond acceptors (Lipinski definition) is 6. The van der Waals surface area contributed by atoms with E-state index < -0.39 is 0 Å². The van der Waals surface area contributed by atoms with E-state index in [0.717, 1.165) is 16.6 Å². The van der Waals surface area contributed by atoms with Crippen LogP contribution in [0.5, 0.6) is 0 Å². The van der Waals surface area contributed by atoms with E-state index in [1.165, 1.54) is 31.5 Å². The van der Waals surface area contributed by atoms with Gasteiger partial charge < -0.3 is 9.99 Å². The smallest absolute Gasteiger partial charge is 0.191 e. The molecule has 2 aromatic heterocycles. The highest BCUT2D eigenvalue weighted by Crippen LogP contribution is 2.46. The van der Waals surface area contributed by atoms with Crippen molar-refractivity contribution in [3.05, 3.63) is 29.7 Å². The molecule has 0 unspecified atom stereocenters. The van der Waals surface area contributed by atoms with E-state index in [9.17, 15) is 0 Å². The van der Waals surface area contributed by atoms with Gasteiger partial charge in [-0.2, -0.15) is 0 Å². The van der Waals surface area contributed by atoms with Crippen molar-refractivity contribution in [2.75, 3.05) is 5.43 Å². The summed E-state index contributed by atoms with van der Waals surface area (Å²) in [5.41, 5.74) is 3.57. The molecule has 0 saturated heterocycles. The summed E-state index contributed by atoms with van der Waals surface area (Å²) in [6, 6.07) is 6.45. The number of hydrogen-bond donors (Lipinski definition) is 2. The summed E-state index contributed by atoms with van der Waals surface area (Å²) in [5.74, 6) is 8.72. The van der Waals surface area contributed by atoms with Crippen LogP contribution in [-0.4, -0.2) is 19.7 Å². The summed E-state index contributed by atoms with van der Waals surface area (Å²) < 4.78 is 2.37. The molecule has 2 aromatic rings. The molecular weight excluding hydrogens is 284 g/mol. The van der Waals surface area contributed by atoms with Gasteiger partial charge in [0.2, 0.25) is 0 Å². The van der Waals surface area contributed by atoms with Crippen LogP contribution in [-0.2, 0) is 5.75 Å². The normalized spacial score (nSPS) is 18.0. The summed E-state index contributed by atoms with van der Waals surface area (Å²) >= 11 is 1.71. The van der Waals surface area contributed by atoms with Crippen LogP contribution in [0.2, 0.25) is 0 Å². The molecule has 0 aliphatic heterocycles. The molecule has 2 aliphatic carbocycles. The van der Waals surface area contributed by atoms with Gasteiger partial charge in [-0.05, 0) is 37.8 Å². The number of nitrogens with one attached hydrogen (secondary N) is 1. The zero-order chi connectivity index (χ0) is 14.2. The van der Waals surface area contributed by atoms with Crippen LogP contribution in [0.15, 0.2) is 23.4 Å². The highest BCUT2D eigenvalue weighted by molar-refractivity contribution is 7.98. The molecule has 7 heteroatoms. The van der Waals surface area contributed by atoms with Crippen LogP contribution in [0.4, 0.5) is 5.82 Å². The number of pyridine rings is 1. The molecule has 0 spiro atoms. The van der Waals surface area contributed by atoms with Crippen molar-refractivity contribution in [1.82, 2.24) is 19.7 Å². The lowest BCUT2D eigenvalue weighted by Gasteiger charge is -2.08. The van der Waals surface area contributed by atoms with Crippen molar-refractivity contribution < 1.29 is 0 Å². The molecular formula is C14H18N6S. The Morgan fingerprint density at radius 1 is 1.24 bits per heavy atom. The highest BCUT2D eigenvalue weighted by Gasteiger charge is 2.36. The molecule has 4 rings (SSSR count). The molecule has 2 fully saturated rings. The van der Waals surface area contributed by atoms with Gasteiger partial charge in [-0.1, -0.05) is 17.8 Å². The van der Waals surface area contributed by atoms with Crippen LogP contribution in [0.1, 0.15) is 49.2 Å². The lowest BCUT2D eigenvalue weighted by Crippen LogP contribution is -2.09. The van der Waals surface area contributed by atoms with E-state index in [0.29, 0.717) is 17.8 Å². The summed E-state index contributed by atoms with van der Waals surface area (Å²) in [4.78, 5) is 4.44. The minimum Gasteiger partial charge on any atom is -0.308 e. The van der Waals surface area contributed by atoms with Crippen molar-refractivity contribution in [2.45, 2.75) is 48.6 Å². The predicted molar refractivity (Wildman–Crippen MR) is 81.9 cm³/mol. The lowest BCUT2D eigenvalue weighted by atomic mass is 10.4. The molecule has 0 atom stereocenters. The highest BCUT2D eigenvalue weighted by atomic mass is 32.2. The first-order chi connectivity index (χ1) is 10.3. The van der Waals surface area contributed by atoms with E-state index in [2.05, 4.69) is 25.2 Å². The van der Waals surface area contributed by atoms with Crippen LogP contribution >= 0.6 is 11.8 Å². The Hall–Kier alpha value is -1.60. The van der Waals surface area contributed by atoms with E-state index in [4.69, 9.17) is 5.84 Å². The van der Waals surface area contributed by atoms with Crippen molar-refractivity contribution in [1.29, 1.82) is 0 Å². The summed E-state index contributed by atoms with van der Waals surface area (Å²) in [7, 11) is 0. The number of anilines is 1. The van der Waals surface area contributed by atoms with Gasteiger partial charge in [0.1, 0.15) is 11.6 Å². The van der Waals surface area contributed by atoms with E-state index in [-0.39, 0.29) is 0 Å². The summed E-state index contributed by atoms with van der Waals surface area (Å²) in [5, 5.41) is 9.86. The van der Waals surface area contributed by atoms with E-state index in [1.807, 2.05) is 18.2 Å². The second kappa shape index (κ2) is 5.31. The first-order valence-electron chi connectivity index (χ1n) is 7.35. The Morgan fingerprint density at radius 2 is 2.10 bits per heavy atom. The molecule has 0 radical (unpaired) electrons. The Labute approximate surface area is 127 Å². The molecule has 110 valence electrons. The standard InChI is InChI=1S/C14H18N6S/c15-17-12-3-1-2-10(16-12)8-21-14-19-18-13(9-4-5-9)20(14)11-6-7-11/h1-3,9,11H,4-8,15H2,(H,16,17). The molecule has 0 bridgehead atoms. The molecule has 0 aromatic carbocycles. The number of aromatic nitrogens is 4. The van der Waals surface area contributed by atoms with Gasteiger partial charge in [0.15, 0.2) is 5.16 Å². The molecule has 2 aliphatic rings. The van der Waals surface area contributed by atoms with Crippen LogP contribution in [0.3, 0.4) is 0 Å². The van der Waals surface area contributed by atoms with Gasteiger partial charge in [0.05, 0.1) is 5.69 Å². The monoisotopic (exact) mass is 302 g/mol. The SMILES string of the molecule is NNc1cccc(CSc2nnc(C3CC3)n2C2CC2)n1. The molecule has 2 heterocycles. The molecule has 3 N–H and O–H groups in total. The van der Waals surface area contributed by atoms with Gasteiger partial charge in [0.25, 0.3) is 0 Å². The quantitative estimate of drug-likeness (QED) is 0.484. The van der Waals surface area contributed by atoms with E-state index >= 15 is 0 Å². The average Bonchev–Trinajstić information content (AvgIpc) is 3.44. The molecule has 0 amide bonds. The van der Waals surface area contributed by atoms with E-state index in [1.54, 1.807) is 11.8 Å². The van der Waals surface area contributed by atoms with Gasteiger partial charge in [0, 0.05) is 17.7 Å². The van der Waals surface area contributed by atoms with Crippen molar-refractivity contribution in [3.63, 3.8) is 0 Å². The number of nitrogen functional groups attached to an aromatic ring is 1. The minimum absolute atomic E-state index is 0.628. The van der Waals surface area contributed by atoms with Crippen molar-refractivity contribution in [2.24, 2.45) is 5.84 Å². The molecule has 21 heavy (non-hydrogen) atoms. The lowest BCUT2D eigenvalue weighted by molar-refractivity contribution is 0.627. The Bertz CT molecular complexity index is 647. The maximum Gasteiger partial charge on any atom is 0.191 e.